The molecule has 1 aliphatic rings. The number of fused-ring (bicyclic) bond motifs is 1. The van der Waals surface area contributed by atoms with E-state index in [2.05, 4.69) is 20.9 Å². The first-order valence-electron chi connectivity index (χ1n) is 7.42. The molecular weight excluding hydrogens is 266 g/mol. The highest BCUT2D eigenvalue weighted by Gasteiger charge is 2.21. The molecule has 1 fully saturated rings. The summed E-state index contributed by atoms with van der Waals surface area (Å²) in [5, 5.41) is 1.09. The Bertz CT molecular complexity index is 577. The molecule has 2 aromatic rings. The van der Waals surface area contributed by atoms with Crippen molar-refractivity contribution in [3.8, 4) is 0 Å². The first-order valence-corrected chi connectivity index (χ1v) is 7.42. The van der Waals surface area contributed by atoms with E-state index in [1.807, 2.05) is 24.7 Å². The smallest absolute Gasteiger partial charge is 0.0966 e. The Morgan fingerprint density at radius 2 is 2.10 bits per heavy atom. The summed E-state index contributed by atoms with van der Waals surface area (Å²) in [6.07, 6.45) is 8.03. The second-order valence-electron chi connectivity index (χ2n) is 5.28. The van der Waals surface area contributed by atoms with Gasteiger partial charge in [-0.25, -0.2) is 0 Å². The minimum Gasteiger partial charge on any atom is -0.382 e. The van der Waals surface area contributed by atoms with Crippen molar-refractivity contribution in [2.75, 3.05) is 38.3 Å². The number of aromatic nitrogens is 2. The van der Waals surface area contributed by atoms with Gasteiger partial charge in [-0.2, -0.15) is 0 Å². The Morgan fingerprint density at radius 3 is 2.90 bits per heavy atom. The number of hydrogen-bond acceptors (Lipinski definition) is 5. The number of hydrogen-bond donors (Lipinski definition) is 0. The molecule has 0 bridgehead atoms. The van der Waals surface area contributed by atoms with Crippen LogP contribution in [0.5, 0.6) is 0 Å². The average molecular weight is 287 g/mol. The molecule has 0 spiro atoms. The third-order valence-electron chi connectivity index (χ3n) is 3.92. The van der Waals surface area contributed by atoms with Gasteiger partial charge < -0.3 is 14.4 Å². The van der Waals surface area contributed by atoms with Crippen LogP contribution in [0.2, 0.25) is 0 Å². The van der Waals surface area contributed by atoms with Crippen molar-refractivity contribution in [3.63, 3.8) is 0 Å². The van der Waals surface area contributed by atoms with Gasteiger partial charge in [0.2, 0.25) is 0 Å². The van der Waals surface area contributed by atoms with Crippen molar-refractivity contribution in [1.29, 1.82) is 0 Å². The van der Waals surface area contributed by atoms with E-state index >= 15 is 0 Å². The Labute approximate surface area is 124 Å². The van der Waals surface area contributed by atoms with Crippen LogP contribution in [0.1, 0.15) is 12.8 Å². The normalized spacial score (nSPS) is 16.5. The first-order chi connectivity index (χ1) is 10.4. The van der Waals surface area contributed by atoms with E-state index in [4.69, 9.17) is 9.47 Å². The summed E-state index contributed by atoms with van der Waals surface area (Å²) in [5.74, 6) is 0. The molecular formula is C16H21N3O2. The number of anilines is 1. The summed E-state index contributed by atoms with van der Waals surface area (Å²) in [5.41, 5.74) is 2.16. The zero-order valence-corrected chi connectivity index (χ0v) is 12.4. The lowest BCUT2D eigenvalue weighted by molar-refractivity contribution is 0.00612. The average Bonchev–Trinajstić information content (AvgIpc) is 2.55. The Morgan fingerprint density at radius 1 is 1.24 bits per heavy atom. The predicted octanol–water partition coefficient (Wildman–Crippen LogP) is 2.26. The van der Waals surface area contributed by atoms with Gasteiger partial charge in [-0.3, -0.25) is 9.97 Å². The van der Waals surface area contributed by atoms with E-state index in [9.17, 15) is 0 Å². The highest BCUT2D eigenvalue weighted by molar-refractivity contribution is 5.89. The standard InChI is InChI=1S/C16H21N3O2/c1-20-9-10-21-14-4-7-19(8-5-14)15-12-17-11-13-3-2-6-18-16(13)15/h2-3,6,11-12,14H,4-5,7-10H2,1H3. The first kappa shape index (κ1) is 14.2. The fraction of sp³-hybridized carbons (Fsp3) is 0.500. The third-order valence-corrected chi connectivity index (χ3v) is 3.92. The fourth-order valence-electron chi connectivity index (χ4n) is 2.78. The van der Waals surface area contributed by atoms with Gasteiger partial charge in [0.05, 0.1) is 36.7 Å². The number of ether oxygens (including phenoxy) is 2. The number of pyridine rings is 2. The molecule has 3 heterocycles. The molecule has 1 saturated heterocycles. The van der Waals surface area contributed by atoms with Crippen LogP contribution in [0.15, 0.2) is 30.7 Å². The molecule has 3 rings (SSSR count). The highest BCUT2D eigenvalue weighted by atomic mass is 16.5. The lowest BCUT2D eigenvalue weighted by Crippen LogP contribution is -2.37. The van der Waals surface area contributed by atoms with E-state index in [-0.39, 0.29) is 0 Å². The number of piperidine rings is 1. The van der Waals surface area contributed by atoms with Crippen molar-refractivity contribution in [2.45, 2.75) is 18.9 Å². The van der Waals surface area contributed by atoms with Gasteiger partial charge >= 0.3 is 0 Å². The largest absolute Gasteiger partial charge is 0.382 e. The molecule has 0 N–H and O–H groups in total. The molecule has 2 aromatic heterocycles. The molecule has 0 saturated carbocycles. The summed E-state index contributed by atoms with van der Waals surface area (Å²) in [6, 6.07) is 4.00. The maximum Gasteiger partial charge on any atom is 0.0966 e. The van der Waals surface area contributed by atoms with Gasteiger partial charge in [0.1, 0.15) is 0 Å². The van der Waals surface area contributed by atoms with Gasteiger partial charge in [-0.05, 0) is 25.0 Å². The summed E-state index contributed by atoms with van der Waals surface area (Å²) >= 11 is 0. The van der Waals surface area contributed by atoms with Gasteiger partial charge in [-0.15, -0.1) is 0 Å². The second-order valence-corrected chi connectivity index (χ2v) is 5.28. The van der Waals surface area contributed by atoms with Crippen molar-refractivity contribution in [1.82, 2.24) is 9.97 Å². The van der Waals surface area contributed by atoms with Gasteiger partial charge in [0, 0.05) is 38.0 Å². The maximum absolute atomic E-state index is 5.81. The summed E-state index contributed by atoms with van der Waals surface area (Å²) in [6.45, 7) is 3.31. The molecule has 5 heteroatoms. The zero-order chi connectivity index (χ0) is 14.5. The third kappa shape index (κ3) is 3.31. The van der Waals surface area contributed by atoms with E-state index < -0.39 is 0 Å². The number of methoxy groups -OCH3 is 1. The van der Waals surface area contributed by atoms with E-state index in [0.29, 0.717) is 19.3 Å². The van der Waals surface area contributed by atoms with Crippen LogP contribution >= 0.6 is 0 Å². The quantitative estimate of drug-likeness (QED) is 0.789. The van der Waals surface area contributed by atoms with Crippen LogP contribution in [0.25, 0.3) is 10.9 Å². The molecule has 0 amide bonds. The molecule has 0 atom stereocenters. The Balaban J connectivity index is 1.66. The van der Waals surface area contributed by atoms with Crippen molar-refractivity contribution in [2.24, 2.45) is 0 Å². The summed E-state index contributed by atoms with van der Waals surface area (Å²) < 4.78 is 10.8. The molecule has 112 valence electrons. The van der Waals surface area contributed by atoms with Crippen LogP contribution in [-0.2, 0) is 9.47 Å². The number of nitrogens with zero attached hydrogens (tertiary/aromatic N) is 3. The van der Waals surface area contributed by atoms with Crippen molar-refractivity contribution in [3.05, 3.63) is 30.7 Å². The fourth-order valence-corrected chi connectivity index (χ4v) is 2.78. The van der Waals surface area contributed by atoms with Gasteiger partial charge in [0.25, 0.3) is 0 Å². The SMILES string of the molecule is COCCOC1CCN(c2cncc3cccnc23)CC1. The molecule has 21 heavy (non-hydrogen) atoms. The van der Waals surface area contributed by atoms with Crippen molar-refractivity contribution >= 4 is 16.6 Å². The molecule has 5 nitrogen and oxygen atoms in total. The highest BCUT2D eigenvalue weighted by Crippen LogP contribution is 2.26. The second kappa shape index (κ2) is 6.83. The molecule has 0 aromatic carbocycles. The summed E-state index contributed by atoms with van der Waals surface area (Å²) in [7, 11) is 1.70. The Kier molecular flexibility index (Phi) is 4.62. The molecule has 0 unspecified atom stereocenters. The molecule has 0 radical (unpaired) electrons. The maximum atomic E-state index is 5.81. The zero-order valence-electron chi connectivity index (χ0n) is 12.4. The summed E-state index contributed by atoms with van der Waals surface area (Å²) in [4.78, 5) is 11.2. The lowest BCUT2D eigenvalue weighted by Gasteiger charge is -2.33. The Hall–Kier alpha value is -1.72. The van der Waals surface area contributed by atoms with E-state index in [1.165, 1.54) is 0 Å². The van der Waals surface area contributed by atoms with Crippen LogP contribution in [-0.4, -0.2) is 49.5 Å². The van der Waals surface area contributed by atoms with Crippen LogP contribution in [0, 0.1) is 0 Å². The van der Waals surface area contributed by atoms with E-state index in [1.54, 1.807) is 7.11 Å². The van der Waals surface area contributed by atoms with Crippen LogP contribution in [0.3, 0.4) is 0 Å². The lowest BCUT2D eigenvalue weighted by atomic mass is 10.1. The van der Waals surface area contributed by atoms with Crippen LogP contribution < -0.4 is 4.90 Å². The predicted molar refractivity (Wildman–Crippen MR) is 82.6 cm³/mol. The monoisotopic (exact) mass is 287 g/mol. The van der Waals surface area contributed by atoms with Gasteiger partial charge in [0.15, 0.2) is 0 Å². The van der Waals surface area contributed by atoms with Gasteiger partial charge in [-0.1, -0.05) is 0 Å². The molecule has 0 aliphatic carbocycles. The van der Waals surface area contributed by atoms with Crippen molar-refractivity contribution < 1.29 is 9.47 Å². The molecule has 1 aliphatic heterocycles. The van der Waals surface area contributed by atoms with E-state index in [0.717, 1.165) is 42.5 Å². The topological polar surface area (TPSA) is 47.5 Å². The minimum atomic E-state index is 0.340. The number of rotatable bonds is 5. The minimum absolute atomic E-state index is 0.340. The van der Waals surface area contributed by atoms with Crippen LogP contribution in [0.4, 0.5) is 5.69 Å².